The van der Waals surface area contributed by atoms with Crippen molar-refractivity contribution in [3.05, 3.63) is 46.4 Å². The Kier molecular flexibility index (Phi) is 4.81. The SMILES string of the molecule is C[C@@H](CN(C)C(=O)N[C@H]1CCOc2ccccc21)c1nccs1. The van der Waals surface area contributed by atoms with Crippen LogP contribution in [0.2, 0.25) is 0 Å². The highest BCUT2D eigenvalue weighted by atomic mass is 32.1. The van der Waals surface area contributed by atoms with Gasteiger partial charge in [-0.1, -0.05) is 25.1 Å². The summed E-state index contributed by atoms with van der Waals surface area (Å²) >= 11 is 1.63. The third-order valence-corrected chi connectivity index (χ3v) is 5.03. The highest BCUT2D eigenvalue weighted by molar-refractivity contribution is 7.09. The molecule has 1 aromatic heterocycles. The molecule has 23 heavy (non-hydrogen) atoms. The van der Waals surface area contributed by atoms with Gasteiger partial charge in [0.1, 0.15) is 5.75 Å². The standard InChI is InChI=1S/C17H21N3O2S/c1-12(16-18-8-10-23-16)11-20(2)17(21)19-14-7-9-22-15-6-4-3-5-13(14)15/h3-6,8,10,12,14H,7,9,11H2,1-2H3,(H,19,21)/t12-,14-/m0/s1. The van der Waals surface area contributed by atoms with E-state index in [4.69, 9.17) is 4.74 Å². The second-order valence-corrected chi connectivity index (χ2v) is 6.76. The molecule has 0 radical (unpaired) electrons. The van der Waals surface area contributed by atoms with Crippen LogP contribution in [0.3, 0.4) is 0 Å². The van der Waals surface area contributed by atoms with Crippen molar-refractivity contribution in [3.63, 3.8) is 0 Å². The number of aromatic nitrogens is 1. The van der Waals surface area contributed by atoms with Gasteiger partial charge in [0.05, 0.1) is 17.7 Å². The summed E-state index contributed by atoms with van der Waals surface area (Å²) in [7, 11) is 1.82. The van der Waals surface area contributed by atoms with Crippen LogP contribution in [0.5, 0.6) is 5.75 Å². The number of hydrogen-bond donors (Lipinski definition) is 1. The summed E-state index contributed by atoms with van der Waals surface area (Å²) < 4.78 is 5.64. The highest BCUT2D eigenvalue weighted by Crippen LogP contribution is 2.31. The third kappa shape index (κ3) is 3.64. The number of urea groups is 1. The van der Waals surface area contributed by atoms with E-state index < -0.39 is 0 Å². The number of fused-ring (bicyclic) bond motifs is 1. The van der Waals surface area contributed by atoms with Gasteiger partial charge in [-0.15, -0.1) is 11.3 Å². The Bertz CT molecular complexity index is 660. The summed E-state index contributed by atoms with van der Waals surface area (Å²) in [6, 6.07) is 7.82. The lowest BCUT2D eigenvalue weighted by molar-refractivity contribution is 0.194. The number of carbonyl (C=O) groups excluding carboxylic acids is 1. The number of thiazole rings is 1. The number of para-hydroxylation sites is 1. The van der Waals surface area contributed by atoms with Gasteiger partial charge in [-0.25, -0.2) is 9.78 Å². The average molecular weight is 331 g/mol. The monoisotopic (exact) mass is 331 g/mol. The zero-order valence-electron chi connectivity index (χ0n) is 13.4. The molecular weight excluding hydrogens is 310 g/mol. The van der Waals surface area contributed by atoms with Crippen LogP contribution in [0.1, 0.15) is 35.9 Å². The molecule has 1 aliphatic heterocycles. The Hall–Kier alpha value is -2.08. The smallest absolute Gasteiger partial charge is 0.317 e. The van der Waals surface area contributed by atoms with Crippen LogP contribution in [0.4, 0.5) is 4.79 Å². The van der Waals surface area contributed by atoms with E-state index in [0.717, 1.165) is 22.7 Å². The number of amides is 2. The fourth-order valence-corrected chi connectivity index (χ4v) is 3.49. The number of rotatable bonds is 4. The van der Waals surface area contributed by atoms with Crippen molar-refractivity contribution in [2.75, 3.05) is 20.2 Å². The average Bonchev–Trinajstić information content (AvgIpc) is 3.09. The minimum atomic E-state index is -0.0601. The molecule has 1 N–H and O–H groups in total. The van der Waals surface area contributed by atoms with Gasteiger partial charge in [0.15, 0.2) is 0 Å². The molecule has 1 aromatic carbocycles. The van der Waals surface area contributed by atoms with Crippen molar-refractivity contribution < 1.29 is 9.53 Å². The molecule has 0 fully saturated rings. The minimum Gasteiger partial charge on any atom is -0.493 e. The molecule has 122 valence electrons. The number of nitrogens with one attached hydrogen (secondary N) is 1. The van der Waals surface area contributed by atoms with Crippen LogP contribution >= 0.6 is 11.3 Å². The number of benzene rings is 1. The van der Waals surface area contributed by atoms with E-state index in [0.29, 0.717) is 13.2 Å². The summed E-state index contributed by atoms with van der Waals surface area (Å²) in [5.41, 5.74) is 1.05. The van der Waals surface area contributed by atoms with Gasteiger partial charge >= 0.3 is 6.03 Å². The first-order valence-corrected chi connectivity index (χ1v) is 8.66. The molecule has 1 aliphatic rings. The Morgan fingerprint density at radius 2 is 2.35 bits per heavy atom. The molecule has 2 aromatic rings. The topological polar surface area (TPSA) is 54.5 Å². The van der Waals surface area contributed by atoms with Gasteiger partial charge in [0, 0.05) is 43.1 Å². The number of ether oxygens (including phenoxy) is 1. The molecule has 3 rings (SSSR count). The van der Waals surface area contributed by atoms with Crippen LogP contribution < -0.4 is 10.1 Å². The lowest BCUT2D eigenvalue weighted by atomic mass is 10.0. The van der Waals surface area contributed by atoms with Crippen LogP contribution in [0.15, 0.2) is 35.8 Å². The van der Waals surface area contributed by atoms with E-state index in [1.54, 1.807) is 22.4 Å². The van der Waals surface area contributed by atoms with Gasteiger partial charge in [-0.3, -0.25) is 0 Å². The van der Waals surface area contributed by atoms with Crippen LogP contribution in [0, 0.1) is 0 Å². The first kappa shape index (κ1) is 15.8. The third-order valence-electron chi connectivity index (χ3n) is 4.02. The first-order chi connectivity index (χ1) is 11.1. The lowest BCUT2D eigenvalue weighted by Crippen LogP contribution is -2.42. The second-order valence-electron chi connectivity index (χ2n) is 5.83. The van der Waals surface area contributed by atoms with E-state index in [1.165, 1.54) is 0 Å². The minimum absolute atomic E-state index is 0.00469. The van der Waals surface area contributed by atoms with E-state index in [1.807, 2.05) is 36.7 Å². The van der Waals surface area contributed by atoms with Gasteiger partial charge < -0.3 is 15.0 Å². The summed E-state index contributed by atoms with van der Waals surface area (Å²) in [5, 5.41) is 6.14. The molecule has 5 nitrogen and oxygen atoms in total. The van der Waals surface area contributed by atoms with Crippen molar-refractivity contribution >= 4 is 17.4 Å². The van der Waals surface area contributed by atoms with Crippen LogP contribution in [0.25, 0.3) is 0 Å². The van der Waals surface area contributed by atoms with Crippen LogP contribution in [-0.2, 0) is 0 Å². The summed E-state index contributed by atoms with van der Waals surface area (Å²) in [4.78, 5) is 18.5. The van der Waals surface area contributed by atoms with E-state index in [9.17, 15) is 4.79 Å². The molecule has 0 unspecified atom stereocenters. The molecule has 0 spiro atoms. The van der Waals surface area contributed by atoms with Crippen molar-refractivity contribution in [1.82, 2.24) is 15.2 Å². The quantitative estimate of drug-likeness (QED) is 0.934. The molecule has 0 aliphatic carbocycles. The fourth-order valence-electron chi connectivity index (χ4n) is 2.80. The largest absolute Gasteiger partial charge is 0.493 e. The molecule has 0 saturated heterocycles. The molecular formula is C17H21N3O2S. The Morgan fingerprint density at radius 3 is 3.13 bits per heavy atom. The molecule has 0 bridgehead atoms. The number of carbonyl (C=O) groups is 1. The van der Waals surface area contributed by atoms with Crippen molar-refractivity contribution in [2.24, 2.45) is 0 Å². The fraction of sp³-hybridized carbons (Fsp3) is 0.412. The molecule has 2 heterocycles. The van der Waals surface area contributed by atoms with Gasteiger partial charge in [0.25, 0.3) is 0 Å². The first-order valence-electron chi connectivity index (χ1n) is 7.78. The Labute approximate surface area is 140 Å². The maximum absolute atomic E-state index is 12.5. The van der Waals surface area contributed by atoms with Crippen molar-refractivity contribution in [1.29, 1.82) is 0 Å². The van der Waals surface area contributed by atoms with Crippen molar-refractivity contribution in [2.45, 2.75) is 25.3 Å². The molecule has 6 heteroatoms. The molecule has 2 amide bonds. The highest BCUT2D eigenvalue weighted by Gasteiger charge is 2.24. The zero-order chi connectivity index (χ0) is 16.2. The van der Waals surface area contributed by atoms with Crippen molar-refractivity contribution in [3.8, 4) is 5.75 Å². The summed E-state index contributed by atoms with van der Waals surface area (Å²) in [6.45, 7) is 3.36. The van der Waals surface area contributed by atoms with E-state index >= 15 is 0 Å². The second kappa shape index (κ2) is 7.00. The van der Waals surface area contributed by atoms with Crippen LogP contribution in [-0.4, -0.2) is 36.1 Å². The van der Waals surface area contributed by atoms with E-state index in [-0.39, 0.29) is 18.0 Å². The number of likely N-dealkylation sites (N-methyl/N-ethyl adjacent to an activating group) is 1. The zero-order valence-corrected chi connectivity index (χ0v) is 14.2. The van der Waals surface area contributed by atoms with Gasteiger partial charge in [-0.2, -0.15) is 0 Å². The van der Waals surface area contributed by atoms with E-state index in [2.05, 4.69) is 17.2 Å². The molecule has 2 atom stereocenters. The summed E-state index contributed by atoms with van der Waals surface area (Å²) in [5.74, 6) is 1.09. The lowest BCUT2D eigenvalue weighted by Gasteiger charge is -2.29. The Balaban J connectivity index is 1.61. The number of hydrogen-bond acceptors (Lipinski definition) is 4. The summed E-state index contributed by atoms with van der Waals surface area (Å²) in [6.07, 6.45) is 2.59. The van der Waals surface area contributed by atoms with Gasteiger partial charge in [-0.05, 0) is 6.07 Å². The normalized spacial score (nSPS) is 17.7. The maximum Gasteiger partial charge on any atom is 0.317 e. The predicted octanol–water partition coefficient (Wildman–Crippen LogP) is 3.41. The Morgan fingerprint density at radius 1 is 1.52 bits per heavy atom. The van der Waals surface area contributed by atoms with Gasteiger partial charge in [0.2, 0.25) is 0 Å². The maximum atomic E-state index is 12.5. The predicted molar refractivity (Wildman–Crippen MR) is 91.0 cm³/mol. The molecule has 0 saturated carbocycles. The number of nitrogens with zero attached hydrogens (tertiary/aromatic N) is 2.